The normalized spacial score (nSPS) is 21.3. The van der Waals surface area contributed by atoms with Crippen LogP contribution in [0.5, 0.6) is 0 Å². The molecule has 27 heavy (non-hydrogen) atoms. The van der Waals surface area contributed by atoms with E-state index in [4.69, 9.17) is 0 Å². The molecule has 1 heterocycles. The number of hydrogen-bond donors (Lipinski definition) is 0. The second kappa shape index (κ2) is 8.19. The quantitative estimate of drug-likeness (QED) is 0.454. The monoisotopic (exact) mass is 430 g/mol. The lowest BCUT2D eigenvalue weighted by atomic mass is 10.2. The Bertz CT molecular complexity index is 472. The van der Waals surface area contributed by atoms with Crippen molar-refractivity contribution in [2.24, 2.45) is 0 Å². The van der Waals surface area contributed by atoms with Gasteiger partial charge in [0.1, 0.15) is 13.2 Å². The van der Waals surface area contributed by atoms with Gasteiger partial charge in [0, 0.05) is 26.2 Å². The fraction of sp³-hybridized carbons (Fsp3) is 1.00. The van der Waals surface area contributed by atoms with Crippen molar-refractivity contribution in [2.75, 3.05) is 39.4 Å². The molecule has 3 nitrogen and oxygen atoms in total. The molecule has 0 aromatic heterocycles. The highest BCUT2D eigenvalue weighted by atomic mass is 19.4. The molecular weight excluding hydrogens is 416 g/mol. The van der Waals surface area contributed by atoms with Crippen LogP contribution in [-0.2, 0) is 4.74 Å². The highest BCUT2D eigenvalue weighted by Crippen LogP contribution is 2.36. The second-order valence-corrected chi connectivity index (χ2v) is 5.75. The van der Waals surface area contributed by atoms with E-state index in [2.05, 4.69) is 4.74 Å². The molecule has 2 atom stereocenters. The van der Waals surface area contributed by atoms with Crippen molar-refractivity contribution in [2.45, 2.75) is 36.8 Å². The molecule has 0 bridgehead atoms. The summed E-state index contributed by atoms with van der Waals surface area (Å²) in [5.41, 5.74) is 0. The molecule has 0 spiro atoms. The summed E-state index contributed by atoms with van der Waals surface area (Å²) < 4.78 is 156. The van der Waals surface area contributed by atoms with E-state index in [-0.39, 0.29) is 4.90 Å². The molecule has 1 rings (SSSR count). The van der Waals surface area contributed by atoms with Crippen molar-refractivity contribution < 1.29 is 57.4 Å². The Kier molecular flexibility index (Phi) is 7.30. The van der Waals surface area contributed by atoms with E-state index < -0.39 is 76.2 Å². The van der Waals surface area contributed by atoms with Crippen LogP contribution in [0, 0.1) is 0 Å². The lowest BCUT2D eigenvalue weighted by molar-refractivity contribution is -0.266. The lowest BCUT2D eigenvalue weighted by Crippen LogP contribution is -2.57. The van der Waals surface area contributed by atoms with Crippen molar-refractivity contribution in [1.82, 2.24) is 9.80 Å². The van der Waals surface area contributed by atoms with E-state index in [0.717, 1.165) is 0 Å². The van der Waals surface area contributed by atoms with Gasteiger partial charge in [-0.2, -0.15) is 35.1 Å². The average molecular weight is 430 g/mol. The fourth-order valence-corrected chi connectivity index (χ4v) is 2.17. The first-order valence-electron chi connectivity index (χ1n) is 7.22. The van der Waals surface area contributed by atoms with Crippen LogP contribution in [0.2, 0.25) is 0 Å². The molecule has 15 heteroatoms. The van der Waals surface area contributed by atoms with Crippen molar-refractivity contribution in [3.63, 3.8) is 0 Å². The van der Waals surface area contributed by atoms with E-state index in [1.807, 2.05) is 0 Å². The van der Waals surface area contributed by atoms with Crippen molar-refractivity contribution in [3.05, 3.63) is 0 Å². The maximum Gasteiger partial charge on any atom is 0.460 e. The SMILES string of the molecule is FC(N1CCN(C(F)(F)F)CC1)C(F)(F)COCC(F)(F)C(F)C(F)(F)F. The van der Waals surface area contributed by atoms with Crippen molar-refractivity contribution >= 4 is 0 Å². The van der Waals surface area contributed by atoms with E-state index in [0.29, 0.717) is 4.90 Å². The molecule has 0 radical (unpaired) electrons. The topological polar surface area (TPSA) is 15.7 Å². The molecule has 1 aliphatic rings. The first kappa shape index (κ1) is 24.1. The average Bonchev–Trinajstić information content (AvgIpc) is 2.51. The first-order chi connectivity index (χ1) is 12.0. The third kappa shape index (κ3) is 6.55. The van der Waals surface area contributed by atoms with Crippen LogP contribution in [-0.4, -0.2) is 86.0 Å². The van der Waals surface area contributed by atoms with Crippen LogP contribution in [0.4, 0.5) is 52.7 Å². The second-order valence-electron chi connectivity index (χ2n) is 5.75. The first-order valence-corrected chi connectivity index (χ1v) is 7.22. The number of piperazine rings is 1. The zero-order chi connectivity index (χ0) is 21.3. The van der Waals surface area contributed by atoms with E-state index in [1.54, 1.807) is 0 Å². The minimum Gasteiger partial charge on any atom is -0.369 e. The molecule has 1 aliphatic heterocycles. The molecular formula is C12H14F12N2O. The molecule has 0 aromatic carbocycles. The fourth-order valence-electron chi connectivity index (χ4n) is 2.17. The molecule has 1 saturated heterocycles. The zero-order valence-corrected chi connectivity index (χ0v) is 13.2. The molecule has 0 N–H and O–H groups in total. The molecule has 0 aliphatic carbocycles. The minimum atomic E-state index is -5.96. The number of nitrogens with zero attached hydrogens (tertiary/aromatic N) is 2. The largest absolute Gasteiger partial charge is 0.460 e. The predicted molar refractivity (Wildman–Crippen MR) is 65.8 cm³/mol. The summed E-state index contributed by atoms with van der Waals surface area (Å²) in [6.07, 6.45) is -18.6. The molecule has 162 valence electrons. The maximum atomic E-state index is 13.8. The maximum absolute atomic E-state index is 13.8. The smallest absolute Gasteiger partial charge is 0.369 e. The predicted octanol–water partition coefficient (Wildman–Crippen LogP) is 3.61. The van der Waals surface area contributed by atoms with Gasteiger partial charge in [-0.3, -0.25) is 4.90 Å². The van der Waals surface area contributed by atoms with Gasteiger partial charge in [0.05, 0.1) is 0 Å². The number of hydrogen-bond acceptors (Lipinski definition) is 3. The van der Waals surface area contributed by atoms with Gasteiger partial charge in [-0.15, -0.1) is 0 Å². The zero-order valence-electron chi connectivity index (χ0n) is 13.2. The van der Waals surface area contributed by atoms with Gasteiger partial charge in [-0.1, -0.05) is 0 Å². The third-order valence-electron chi connectivity index (χ3n) is 3.59. The van der Waals surface area contributed by atoms with Gasteiger partial charge >= 0.3 is 24.3 Å². The molecule has 0 amide bonds. The Balaban J connectivity index is 2.55. The highest BCUT2D eigenvalue weighted by molar-refractivity contribution is 4.85. The van der Waals surface area contributed by atoms with Crippen LogP contribution in [0.25, 0.3) is 0 Å². The van der Waals surface area contributed by atoms with Crippen LogP contribution in [0.3, 0.4) is 0 Å². The Morgan fingerprint density at radius 1 is 0.704 bits per heavy atom. The van der Waals surface area contributed by atoms with Crippen molar-refractivity contribution in [1.29, 1.82) is 0 Å². The Labute approximate surface area is 144 Å². The van der Waals surface area contributed by atoms with Crippen LogP contribution >= 0.6 is 0 Å². The van der Waals surface area contributed by atoms with Gasteiger partial charge in [-0.05, 0) is 0 Å². The summed E-state index contributed by atoms with van der Waals surface area (Å²) in [6, 6.07) is 0. The van der Waals surface area contributed by atoms with Crippen molar-refractivity contribution in [3.8, 4) is 0 Å². The summed E-state index contributed by atoms with van der Waals surface area (Å²) in [5.74, 6) is -9.71. The van der Waals surface area contributed by atoms with E-state index in [1.165, 1.54) is 0 Å². The number of halogens is 12. The van der Waals surface area contributed by atoms with E-state index in [9.17, 15) is 52.7 Å². The van der Waals surface area contributed by atoms with Gasteiger partial charge < -0.3 is 4.74 Å². The van der Waals surface area contributed by atoms with Gasteiger partial charge in [-0.25, -0.2) is 22.5 Å². The van der Waals surface area contributed by atoms with Crippen LogP contribution in [0.1, 0.15) is 0 Å². The summed E-state index contributed by atoms with van der Waals surface area (Å²) >= 11 is 0. The molecule has 2 unspecified atom stereocenters. The summed E-state index contributed by atoms with van der Waals surface area (Å²) in [6.45, 7) is -7.70. The Morgan fingerprint density at radius 3 is 1.56 bits per heavy atom. The number of alkyl halides is 12. The molecule has 0 aromatic rings. The summed E-state index contributed by atoms with van der Waals surface area (Å²) in [4.78, 5) is 0.251. The van der Waals surface area contributed by atoms with Gasteiger partial charge in [0.25, 0.3) is 6.17 Å². The number of rotatable bonds is 7. The molecule has 1 fully saturated rings. The van der Waals surface area contributed by atoms with Crippen LogP contribution < -0.4 is 0 Å². The Morgan fingerprint density at radius 2 is 1.15 bits per heavy atom. The lowest BCUT2D eigenvalue weighted by Gasteiger charge is -2.38. The number of ether oxygens (including phenoxy) is 1. The summed E-state index contributed by atoms with van der Waals surface area (Å²) in [5, 5.41) is 0. The highest BCUT2D eigenvalue weighted by Gasteiger charge is 2.57. The summed E-state index contributed by atoms with van der Waals surface area (Å²) in [7, 11) is 0. The van der Waals surface area contributed by atoms with Gasteiger partial charge in [0.2, 0.25) is 6.30 Å². The van der Waals surface area contributed by atoms with E-state index >= 15 is 0 Å². The molecule has 0 saturated carbocycles. The van der Waals surface area contributed by atoms with Gasteiger partial charge in [0.15, 0.2) is 0 Å². The minimum absolute atomic E-state index is 0.0516. The van der Waals surface area contributed by atoms with Crippen LogP contribution in [0.15, 0.2) is 0 Å². The standard InChI is InChI=1S/C12H14F12N2O/c13-7(11(19,20)21)9(15,16)5-27-6-10(17,18)8(14)25-1-3-26(4-2-25)12(22,23)24/h7-8H,1-6H2. The third-order valence-corrected chi connectivity index (χ3v) is 3.59. The Hall–Kier alpha value is -0.960.